The monoisotopic (exact) mass is 550 g/mol. The normalized spacial score (nSPS) is 11.2. The highest BCUT2D eigenvalue weighted by atomic mass is 127. The van der Waals surface area contributed by atoms with Crippen LogP contribution in [0.4, 0.5) is 10.5 Å². The van der Waals surface area contributed by atoms with Gasteiger partial charge in [0.2, 0.25) is 0 Å². The first kappa shape index (κ1) is 21.4. The number of aromatic nitrogens is 1. The third kappa shape index (κ3) is 4.49. The summed E-state index contributed by atoms with van der Waals surface area (Å²) in [5.41, 5.74) is 0.283. The number of non-ortho nitro benzene ring substituents is 1. The molecule has 10 heteroatoms. The molecule has 0 fully saturated rings. The largest absolute Gasteiger partial charge is 0.464 e. The molecule has 1 aromatic carbocycles. The first-order chi connectivity index (χ1) is 12.5. The Balaban J connectivity index is 2.68. The maximum Gasteiger partial charge on any atom is 0.420 e. The first-order valence-corrected chi connectivity index (χ1v) is 9.51. The van der Waals surface area contributed by atoms with Gasteiger partial charge in [0.25, 0.3) is 5.69 Å². The van der Waals surface area contributed by atoms with E-state index in [2.05, 4.69) is 15.9 Å². The van der Waals surface area contributed by atoms with E-state index in [1.54, 1.807) is 32.9 Å². The van der Waals surface area contributed by atoms with Crippen molar-refractivity contribution in [2.75, 3.05) is 7.11 Å². The van der Waals surface area contributed by atoms with Crippen molar-refractivity contribution in [2.24, 2.45) is 0 Å². The fraction of sp³-hybridized carbons (Fsp3) is 0.294. The van der Waals surface area contributed by atoms with Gasteiger partial charge in [-0.1, -0.05) is 0 Å². The molecule has 2 aromatic rings. The Labute approximate surface area is 177 Å². The van der Waals surface area contributed by atoms with Crippen LogP contribution in [-0.2, 0) is 9.47 Å². The summed E-state index contributed by atoms with van der Waals surface area (Å²) in [6.07, 6.45) is -0.749. The molecule has 8 nitrogen and oxygen atoms in total. The standard InChI is InChI=1S/C17H16BrIN2O6/c1-17(2,3)27-16(23)20-13(15(22)26-4)12(19)11(14(20)18)9-5-7-10(8-6-9)21(24)25/h5-8H,1-4H3. The molecule has 2 rings (SSSR count). The van der Waals surface area contributed by atoms with Gasteiger partial charge < -0.3 is 9.47 Å². The lowest BCUT2D eigenvalue weighted by molar-refractivity contribution is -0.384. The van der Waals surface area contributed by atoms with Crippen molar-refractivity contribution in [1.29, 1.82) is 0 Å². The average molecular weight is 551 g/mol. The molecule has 0 amide bonds. The van der Waals surface area contributed by atoms with Gasteiger partial charge in [0, 0.05) is 17.7 Å². The molecular weight excluding hydrogens is 535 g/mol. The van der Waals surface area contributed by atoms with E-state index in [1.165, 1.54) is 19.2 Å². The number of benzene rings is 1. The van der Waals surface area contributed by atoms with Crippen LogP contribution >= 0.6 is 38.5 Å². The lowest BCUT2D eigenvalue weighted by atomic mass is 10.1. The zero-order valence-electron chi connectivity index (χ0n) is 14.9. The van der Waals surface area contributed by atoms with Crippen molar-refractivity contribution in [3.63, 3.8) is 0 Å². The Morgan fingerprint density at radius 1 is 1.22 bits per heavy atom. The molecule has 0 radical (unpaired) electrons. The first-order valence-electron chi connectivity index (χ1n) is 7.64. The quantitative estimate of drug-likeness (QED) is 0.231. The van der Waals surface area contributed by atoms with Gasteiger partial charge in [-0.3, -0.25) is 10.1 Å². The number of nitrogens with zero attached hydrogens (tertiary/aromatic N) is 2. The number of nitro groups is 1. The zero-order chi connectivity index (χ0) is 20.5. The highest BCUT2D eigenvalue weighted by Crippen LogP contribution is 2.38. The van der Waals surface area contributed by atoms with Crippen molar-refractivity contribution in [3.05, 3.63) is 48.2 Å². The molecule has 0 unspecified atom stereocenters. The van der Waals surface area contributed by atoms with Gasteiger partial charge in [0.05, 0.1) is 15.6 Å². The Morgan fingerprint density at radius 3 is 2.22 bits per heavy atom. The number of carbonyl (C=O) groups is 2. The number of nitro benzene ring substituents is 1. The summed E-state index contributed by atoms with van der Waals surface area (Å²) >= 11 is 5.29. The van der Waals surface area contributed by atoms with Gasteiger partial charge in [-0.2, -0.15) is 0 Å². The minimum Gasteiger partial charge on any atom is -0.464 e. The van der Waals surface area contributed by atoms with E-state index >= 15 is 0 Å². The van der Waals surface area contributed by atoms with Crippen molar-refractivity contribution in [3.8, 4) is 11.1 Å². The van der Waals surface area contributed by atoms with Crippen molar-refractivity contribution in [2.45, 2.75) is 26.4 Å². The SMILES string of the molecule is COC(=O)c1c(I)c(-c2ccc([N+](=O)[O-])cc2)c(Br)n1C(=O)OC(C)(C)C. The van der Waals surface area contributed by atoms with Gasteiger partial charge in [0.1, 0.15) is 10.2 Å². The number of hydrogen-bond donors (Lipinski definition) is 0. The minimum atomic E-state index is -0.771. The van der Waals surface area contributed by atoms with E-state index < -0.39 is 22.6 Å². The zero-order valence-corrected chi connectivity index (χ0v) is 18.7. The molecule has 0 N–H and O–H groups in total. The highest BCUT2D eigenvalue weighted by molar-refractivity contribution is 14.1. The molecule has 1 aromatic heterocycles. The topological polar surface area (TPSA) is 101 Å². The fourth-order valence-corrected chi connectivity index (χ4v) is 4.42. The summed E-state index contributed by atoms with van der Waals surface area (Å²) in [7, 11) is 1.21. The molecule has 0 aliphatic heterocycles. The highest BCUT2D eigenvalue weighted by Gasteiger charge is 2.32. The van der Waals surface area contributed by atoms with Crippen molar-refractivity contribution in [1.82, 2.24) is 4.57 Å². The van der Waals surface area contributed by atoms with Crippen LogP contribution in [-0.4, -0.2) is 34.3 Å². The maximum absolute atomic E-state index is 12.7. The van der Waals surface area contributed by atoms with Crippen LogP contribution in [0.2, 0.25) is 0 Å². The van der Waals surface area contributed by atoms with E-state index in [0.29, 0.717) is 14.7 Å². The lowest BCUT2D eigenvalue weighted by Crippen LogP contribution is -2.29. The number of halogens is 2. The molecular formula is C17H16BrIN2O6. The van der Waals surface area contributed by atoms with E-state index in [-0.39, 0.29) is 16.0 Å². The third-order valence-electron chi connectivity index (χ3n) is 3.38. The number of rotatable bonds is 3. The summed E-state index contributed by atoms with van der Waals surface area (Å²) in [6.45, 7) is 5.13. The Hall–Kier alpha value is -1.95. The van der Waals surface area contributed by atoms with E-state index in [9.17, 15) is 19.7 Å². The van der Waals surface area contributed by atoms with Crippen LogP contribution in [0.1, 0.15) is 31.3 Å². The molecule has 0 aliphatic rings. The summed E-state index contributed by atoms with van der Waals surface area (Å²) in [6, 6.07) is 5.78. The number of hydrogen-bond acceptors (Lipinski definition) is 6. The number of methoxy groups -OCH3 is 1. The van der Waals surface area contributed by atoms with E-state index in [1.807, 2.05) is 22.6 Å². The van der Waals surface area contributed by atoms with Crippen LogP contribution < -0.4 is 0 Å². The van der Waals surface area contributed by atoms with Crippen LogP contribution in [0.15, 0.2) is 28.9 Å². The second kappa shape index (κ2) is 7.97. The maximum atomic E-state index is 12.7. The molecule has 0 spiro atoms. The van der Waals surface area contributed by atoms with Crippen molar-refractivity contribution >= 4 is 56.3 Å². The van der Waals surface area contributed by atoms with Gasteiger partial charge in [-0.25, -0.2) is 14.2 Å². The smallest absolute Gasteiger partial charge is 0.420 e. The fourth-order valence-electron chi connectivity index (χ4n) is 2.27. The van der Waals surface area contributed by atoms with Crippen molar-refractivity contribution < 1.29 is 24.0 Å². The van der Waals surface area contributed by atoms with Crippen LogP contribution in [0.5, 0.6) is 0 Å². The number of esters is 1. The van der Waals surface area contributed by atoms with Crippen LogP contribution in [0, 0.1) is 13.7 Å². The predicted octanol–water partition coefficient (Wildman–Crippen LogP) is 5.00. The molecule has 0 saturated heterocycles. The second-order valence-electron chi connectivity index (χ2n) is 6.44. The summed E-state index contributed by atoms with van der Waals surface area (Å²) < 4.78 is 12.0. The molecule has 1 heterocycles. The third-order valence-corrected chi connectivity index (χ3v) is 5.18. The molecule has 0 bridgehead atoms. The van der Waals surface area contributed by atoms with E-state index in [4.69, 9.17) is 9.47 Å². The average Bonchev–Trinajstić information content (AvgIpc) is 2.83. The summed E-state index contributed by atoms with van der Waals surface area (Å²) in [5.74, 6) is -0.709. The molecule has 0 aliphatic carbocycles. The lowest BCUT2D eigenvalue weighted by Gasteiger charge is -2.20. The van der Waals surface area contributed by atoms with Crippen LogP contribution in [0.3, 0.4) is 0 Å². The molecule has 27 heavy (non-hydrogen) atoms. The van der Waals surface area contributed by atoms with Crippen LogP contribution in [0.25, 0.3) is 11.1 Å². The van der Waals surface area contributed by atoms with Gasteiger partial charge >= 0.3 is 12.1 Å². The second-order valence-corrected chi connectivity index (χ2v) is 8.27. The Morgan fingerprint density at radius 2 is 1.78 bits per heavy atom. The molecule has 0 atom stereocenters. The van der Waals surface area contributed by atoms with Gasteiger partial charge in [0.15, 0.2) is 5.69 Å². The number of carbonyl (C=O) groups excluding carboxylic acids is 2. The molecule has 144 valence electrons. The molecule has 0 saturated carbocycles. The summed E-state index contributed by atoms with van der Waals surface area (Å²) in [4.78, 5) is 35.3. The predicted molar refractivity (Wildman–Crippen MR) is 110 cm³/mol. The van der Waals surface area contributed by atoms with Gasteiger partial charge in [-0.15, -0.1) is 0 Å². The number of ether oxygens (including phenoxy) is 2. The summed E-state index contributed by atoms with van der Waals surface area (Å²) in [5, 5.41) is 10.9. The Kier molecular flexibility index (Phi) is 6.30. The van der Waals surface area contributed by atoms with Gasteiger partial charge in [-0.05, 0) is 77.0 Å². The Bertz CT molecular complexity index is 915. The minimum absolute atomic E-state index is 0.00702. The van der Waals surface area contributed by atoms with E-state index in [0.717, 1.165) is 4.57 Å².